The van der Waals surface area contributed by atoms with E-state index in [1.165, 1.54) is 0 Å². The first-order valence-electron chi connectivity index (χ1n) is 7.97. The van der Waals surface area contributed by atoms with E-state index in [9.17, 15) is 4.79 Å². The van der Waals surface area contributed by atoms with Crippen molar-refractivity contribution in [1.29, 1.82) is 0 Å². The van der Waals surface area contributed by atoms with Crippen LogP contribution in [0.4, 0.5) is 0 Å². The number of hydrogen-bond acceptors (Lipinski definition) is 4. The van der Waals surface area contributed by atoms with Crippen molar-refractivity contribution < 1.29 is 9.53 Å². The lowest BCUT2D eigenvalue weighted by Gasteiger charge is -2.46. The average molecular weight is 283 g/mol. The van der Waals surface area contributed by atoms with Crippen LogP contribution in [-0.4, -0.2) is 61.3 Å². The number of likely N-dealkylation sites (N-methyl/N-ethyl adjacent to an activating group) is 1. The van der Waals surface area contributed by atoms with Gasteiger partial charge in [0.05, 0.1) is 5.60 Å². The zero-order valence-corrected chi connectivity index (χ0v) is 13.1. The molecule has 0 aliphatic carbocycles. The van der Waals surface area contributed by atoms with Crippen molar-refractivity contribution >= 4 is 5.91 Å². The highest BCUT2D eigenvalue weighted by molar-refractivity contribution is 5.82. The Morgan fingerprint density at radius 2 is 2.30 bits per heavy atom. The second-order valence-electron chi connectivity index (χ2n) is 6.15. The van der Waals surface area contributed by atoms with Crippen LogP contribution < -0.4 is 10.6 Å². The van der Waals surface area contributed by atoms with Crippen LogP contribution in [0, 0.1) is 0 Å². The molecule has 5 heteroatoms. The summed E-state index contributed by atoms with van der Waals surface area (Å²) in [5.41, 5.74) is -0.0282. The van der Waals surface area contributed by atoms with Crippen LogP contribution in [-0.2, 0) is 9.53 Å². The summed E-state index contributed by atoms with van der Waals surface area (Å²) in [6.45, 7) is 10.5. The molecule has 0 saturated carbocycles. The zero-order valence-electron chi connectivity index (χ0n) is 13.1. The molecule has 2 N–H and O–H groups in total. The van der Waals surface area contributed by atoms with Gasteiger partial charge in [-0.15, -0.1) is 0 Å². The third kappa shape index (κ3) is 3.51. The van der Waals surface area contributed by atoms with Gasteiger partial charge in [-0.3, -0.25) is 9.69 Å². The molecule has 2 saturated heterocycles. The number of rotatable bonds is 4. The Morgan fingerprint density at radius 1 is 1.50 bits per heavy atom. The summed E-state index contributed by atoms with van der Waals surface area (Å²) >= 11 is 0. The average Bonchev–Trinajstić information content (AvgIpc) is 2.47. The fourth-order valence-electron chi connectivity index (χ4n) is 3.32. The van der Waals surface area contributed by atoms with E-state index in [4.69, 9.17) is 4.74 Å². The minimum atomic E-state index is -0.0343. The van der Waals surface area contributed by atoms with E-state index >= 15 is 0 Å². The molecule has 2 heterocycles. The van der Waals surface area contributed by atoms with Gasteiger partial charge in [-0.25, -0.2) is 0 Å². The van der Waals surface area contributed by atoms with Gasteiger partial charge in [0.25, 0.3) is 0 Å². The summed E-state index contributed by atoms with van der Waals surface area (Å²) in [6, 6.07) is 0.427. The molecule has 2 rings (SSSR count). The van der Waals surface area contributed by atoms with E-state index in [2.05, 4.69) is 29.4 Å². The van der Waals surface area contributed by atoms with Crippen LogP contribution in [0.1, 0.15) is 40.0 Å². The molecule has 1 amide bonds. The quantitative estimate of drug-likeness (QED) is 0.799. The van der Waals surface area contributed by atoms with E-state index in [0.29, 0.717) is 12.6 Å². The molecule has 0 aromatic heterocycles. The molecule has 2 aliphatic heterocycles. The second kappa shape index (κ2) is 6.87. The van der Waals surface area contributed by atoms with Crippen molar-refractivity contribution in [2.75, 3.05) is 32.8 Å². The van der Waals surface area contributed by atoms with Gasteiger partial charge >= 0.3 is 0 Å². The first-order valence-corrected chi connectivity index (χ1v) is 7.97. The highest BCUT2D eigenvalue weighted by atomic mass is 16.5. The Labute approximate surface area is 122 Å². The highest BCUT2D eigenvalue weighted by Crippen LogP contribution is 2.31. The summed E-state index contributed by atoms with van der Waals surface area (Å²) in [7, 11) is 0. The van der Waals surface area contributed by atoms with Crippen molar-refractivity contribution in [1.82, 2.24) is 15.5 Å². The van der Waals surface area contributed by atoms with Crippen LogP contribution in [0.25, 0.3) is 0 Å². The molecule has 3 atom stereocenters. The van der Waals surface area contributed by atoms with Gasteiger partial charge in [-0.1, -0.05) is 6.92 Å². The molecule has 0 spiro atoms. The van der Waals surface area contributed by atoms with Gasteiger partial charge in [-0.2, -0.15) is 0 Å². The normalized spacial score (nSPS) is 35.8. The third-order valence-electron chi connectivity index (χ3n) is 4.72. The molecule has 2 aliphatic rings. The summed E-state index contributed by atoms with van der Waals surface area (Å²) in [5, 5.41) is 6.31. The summed E-state index contributed by atoms with van der Waals surface area (Å²) in [5.74, 6) is 0.157. The Kier molecular flexibility index (Phi) is 5.41. The predicted molar refractivity (Wildman–Crippen MR) is 79.7 cm³/mol. The highest BCUT2D eigenvalue weighted by Gasteiger charge is 2.39. The minimum absolute atomic E-state index is 0.0282. The maximum absolute atomic E-state index is 12.3. The lowest BCUT2D eigenvalue weighted by atomic mass is 9.88. The van der Waals surface area contributed by atoms with Crippen molar-refractivity contribution in [2.45, 2.75) is 57.7 Å². The standard InChI is InChI=1S/C15H29N3O2/c1-4-15(3)10-12(6-9-20-15)18-8-7-16-11-13(18)14(19)17-5-2/h12-13,16H,4-11H2,1-3H3,(H,17,19). The van der Waals surface area contributed by atoms with Crippen LogP contribution in [0.5, 0.6) is 0 Å². The molecule has 0 aromatic rings. The van der Waals surface area contributed by atoms with Crippen molar-refractivity contribution in [3.05, 3.63) is 0 Å². The fourth-order valence-corrected chi connectivity index (χ4v) is 3.32. The van der Waals surface area contributed by atoms with Crippen LogP contribution in [0.3, 0.4) is 0 Å². The molecule has 20 heavy (non-hydrogen) atoms. The predicted octanol–water partition coefficient (Wildman–Crippen LogP) is 0.744. The first-order chi connectivity index (χ1) is 9.59. The van der Waals surface area contributed by atoms with Gasteiger partial charge in [-0.05, 0) is 33.1 Å². The number of nitrogens with zero attached hydrogens (tertiary/aromatic N) is 1. The zero-order chi connectivity index (χ0) is 14.6. The molecule has 0 bridgehead atoms. The molecule has 0 aromatic carbocycles. The minimum Gasteiger partial charge on any atom is -0.375 e. The monoisotopic (exact) mass is 283 g/mol. The smallest absolute Gasteiger partial charge is 0.238 e. The Hall–Kier alpha value is -0.650. The topological polar surface area (TPSA) is 53.6 Å². The third-order valence-corrected chi connectivity index (χ3v) is 4.72. The molecule has 116 valence electrons. The summed E-state index contributed by atoms with van der Waals surface area (Å²) in [6.07, 6.45) is 3.09. The number of hydrogen-bond donors (Lipinski definition) is 2. The van der Waals surface area contributed by atoms with Crippen molar-refractivity contribution in [3.63, 3.8) is 0 Å². The van der Waals surface area contributed by atoms with Gasteiger partial charge in [0, 0.05) is 38.8 Å². The molecular weight excluding hydrogens is 254 g/mol. The number of ether oxygens (including phenoxy) is 1. The Balaban J connectivity index is 2.05. The molecule has 3 unspecified atom stereocenters. The molecule has 5 nitrogen and oxygen atoms in total. The van der Waals surface area contributed by atoms with Gasteiger partial charge < -0.3 is 15.4 Å². The number of carbonyl (C=O) groups is 1. The van der Waals surface area contributed by atoms with Crippen LogP contribution >= 0.6 is 0 Å². The van der Waals surface area contributed by atoms with E-state index in [0.717, 1.165) is 45.5 Å². The van der Waals surface area contributed by atoms with Gasteiger partial charge in [0.15, 0.2) is 0 Å². The van der Waals surface area contributed by atoms with Crippen molar-refractivity contribution in [3.8, 4) is 0 Å². The number of amides is 1. The van der Waals surface area contributed by atoms with Gasteiger partial charge in [0.1, 0.15) is 6.04 Å². The maximum Gasteiger partial charge on any atom is 0.238 e. The lowest BCUT2D eigenvalue weighted by Crippen LogP contribution is -2.62. The second-order valence-corrected chi connectivity index (χ2v) is 6.15. The molecule has 2 fully saturated rings. The van der Waals surface area contributed by atoms with E-state index in [-0.39, 0.29) is 17.6 Å². The van der Waals surface area contributed by atoms with E-state index in [1.54, 1.807) is 0 Å². The summed E-state index contributed by atoms with van der Waals surface area (Å²) in [4.78, 5) is 14.7. The lowest BCUT2D eigenvalue weighted by molar-refractivity contribution is -0.134. The molecule has 0 radical (unpaired) electrons. The van der Waals surface area contributed by atoms with E-state index < -0.39 is 0 Å². The SMILES string of the molecule is CCNC(=O)C1CNCCN1C1CCOC(C)(CC)C1. The van der Waals surface area contributed by atoms with E-state index in [1.807, 2.05) is 6.92 Å². The fraction of sp³-hybridized carbons (Fsp3) is 0.933. The van der Waals surface area contributed by atoms with Crippen molar-refractivity contribution in [2.24, 2.45) is 0 Å². The van der Waals surface area contributed by atoms with Crippen LogP contribution in [0.2, 0.25) is 0 Å². The molecular formula is C15H29N3O2. The first kappa shape index (κ1) is 15.7. The largest absolute Gasteiger partial charge is 0.375 e. The van der Waals surface area contributed by atoms with Crippen LogP contribution in [0.15, 0.2) is 0 Å². The number of nitrogens with one attached hydrogen (secondary N) is 2. The number of carbonyl (C=O) groups excluding carboxylic acids is 1. The van der Waals surface area contributed by atoms with Gasteiger partial charge in [0.2, 0.25) is 5.91 Å². The Morgan fingerprint density at radius 3 is 3.00 bits per heavy atom. The Bertz CT molecular complexity index is 337. The number of piperazine rings is 1. The summed E-state index contributed by atoms with van der Waals surface area (Å²) < 4.78 is 5.94. The maximum atomic E-state index is 12.3.